The second-order valence-electron chi connectivity index (χ2n) is 7.97. The number of carboxylic acids is 1. The van der Waals surface area contributed by atoms with Gasteiger partial charge >= 0.3 is 13.1 Å². The van der Waals surface area contributed by atoms with Crippen LogP contribution >= 0.6 is 11.3 Å². The molecular formula is C18H23BFNO5S. The summed E-state index contributed by atoms with van der Waals surface area (Å²) in [5, 5.41) is 8.91. The summed E-state index contributed by atoms with van der Waals surface area (Å²) in [6, 6.07) is 3.32. The van der Waals surface area contributed by atoms with Crippen molar-refractivity contribution < 1.29 is 28.4 Å². The van der Waals surface area contributed by atoms with Crippen LogP contribution in [0.4, 0.5) is 4.39 Å². The highest BCUT2D eigenvalue weighted by Gasteiger charge is 2.53. The third-order valence-corrected chi connectivity index (χ3v) is 6.72. The number of amides is 1. The molecule has 2 saturated heterocycles. The molecule has 1 aromatic heterocycles. The lowest BCUT2D eigenvalue weighted by molar-refractivity contribution is -0.146. The first kappa shape index (κ1) is 20.0. The quantitative estimate of drug-likeness (QED) is 0.793. The number of hydrogen-bond acceptors (Lipinski definition) is 5. The van der Waals surface area contributed by atoms with Gasteiger partial charge in [0.2, 0.25) is 0 Å². The molecular weight excluding hydrogens is 372 g/mol. The summed E-state index contributed by atoms with van der Waals surface area (Å²) in [6.45, 7) is 9.47. The molecule has 1 aromatic rings. The molecule has 0 aliphatic carbocycles. The highest BCUT2D eigenvalue weighted by Crippen LogP contribution is 2.40. The van der Waals surface area contributed by atoms with Gasteiger partial charge in [-0.3, -0.25) is 9.59 Å². The number of nitrogens with zero attached hydrogens (tertiary/aromatic N) is 1. The van der Waals surface area contributed by atoms with E-state index in [1.807, 2.05) is 27.7 Å². The van der Waals surface area contributed by atoms with Crippen LogP contribution in [0.3, 0.4) is 0 Å². The molecule has 0 bridgehead atoms. The number of likely N-dealkylation sites (tertiary alicyclic amines) is 1. The largest absolute Gasteiger partial charge is 0.525 e. The minimum Gasteiger partial charge on any atom is -0.481 e. The van der Waals surface area contributed by atoms with Gasteiger partial charge in [-0.1, -0.05) is 0 Å². The first-order valence-electron chi connectivity index (χ1n) is 8.77. The van der Waals surface area contributed by atoms with Crippen molar-refractivity contribution in [1.29, 1.82) is 0 Å². The van der Waals surface area contributed by atoms with Gasteiger partial charge in [0, 0.05) is 18.0 Å². The zero-order valence-electron chi connectivity index (χ0n) is 16.0. The molecule has 0 unspecified atom stereocenters. The number of allylic oxidation sites excluding steroid dienone is 1. The molecule has 0 aromatic carbocycles. The summed E-state index contributed by atoms with van der Waals surface area (Å²) in [4.78, 5) is 25.8. The lowest BCUT2D eigenvalue weighted by atomic mass is 9.84. The van der Waals surface area contributed by atoms with Crippen LogP contribution in [0.1, 0.15) is 49.2 Å². The lowest BCUT2D eigenvalue weighted by Crippen LogP contribution is -2.52. The van der Waals surface area contributed by atoms with Crippen molar-refractivity contribution in [3.8, 4) is 0 Å². The van der Waals surface area contributed by atoms with Crippen molar-refractivity contribution >= 4 is 35.9 Å². The number of carboxylic acid groups (broad SMARTS) is 1. The first-order chi connectivity index (χ1) is 12.4. The Bertz CT molecular complexity index is 796. The summed E-state index contributed by atoms with van der Waals surface area (Å²) < 4.78 is 26.4. The van der Waals surface area contributed by atoms with Crippen molar-refractivity contribution in [2.24, 2.45) is 5.92 Å². The van der Waals surface area contributed by atoms with Crippen molar-refractivity contribution in [2.45, 2.75) is 45.8 Å². The Morgan fingerprint density at radius 3 is 2.22 bits per heavy atom. The van der Waals surface area contributed by atoms with Crippen molar-refractivity contribution in [1.82, 2.24) is 4.90 Å². The highest BCUT2D eigenvalue weighted by molar-refractivity contribution is 7.15. The number of aliphatic carboxylic acids is 1. The van der Waals surface area contributed by atoms with E-state index >= 15 is 0 Å². The maximum absolute atomic E-state index is 14.9. The van der Waals surface area contributed by atoms with Gasteiger partial charge in [-0.2, -0.15) is 0 Å². The third-order valence-electron chi connectivity index (χ3n) is 5.52. The van der Waals surface area contributed by atoms with Crippen molar-refractivity contribution in [3.05, 3.63) is 27.6 Å². The highest BCUT2D eigenvalue weighted by atomic mass is 32.1. The Morgan fingerprint density at radius 1 is 1.19 bits per heavy atom. The van der Waals surface area contributed by atoms with E-state index in [0.717, 1.165) is 0 Å². The van der Waals surface area contributed by atoms with E-state index in [9.17, 15) is 14.0 Å². The van der Waals surface area contributed by atoms with E-state index in [-0.39, 0.29) is 19.0 Å². The van der Waals surface area contributed by atoms with Gasteiger partial charge in [-0.25, -0.2) is 4.39 Å². The molecule has 9 heteroatoms. The van der Waals surface area contributed by atoms with Crippen molar-refractivity contribution in [3.63, 3.8) is 0 Å². The van der Waals surface area contributed by atoms with Gasteiger partial charge in [0.15, 0.2) is 0 Å². The number of carbonyl (C=O) groups excluding carboxylic acids is 1. The molecule has 1 N–H and O–H groups in total. The van der Waals surface area contributed by atoms with E-state index in [0.29, 0.717) is 15.3 Å². The van der Waals surface area contributed by atoms with Crippen LogP contribution in [0.2, 0.25) is 0 Å². The fourth-order valence-electron chi connectivity index (χ4n) is 2.85. The third kappa shape index (κ3) is 3.55. The maximum atomic E-state index is 14.9. The van der Waals surface area contributed by atoms with E-state index in [1.54, 1.807) is 19.1 Å². The average Bonchev–Trinajstić information content (AvgIpc) is 3.07. The van der Waals surface area contributed by atoms with Gasteiger partial charge in [0.25, 0.3) is 5.91 Å². The van der Waals surface area contributed by atoms with Crippen LogP contribution in [-0.4, -0.2) is 53.3 Å². The second kappa shape index (κ2) is 6.72. The zero-order valence-corrected chi connectivity index (χ0v) is 16.9. The van der Waals surface area contributed by atoms with Crippen LogP contribution in [0, 0.1) is 5.92 Å². The standard InChI is InChI=1S/C18H23BFNO5S/c1-10(14(20)19-25-17(2,3)18(4,5)26-19)12-6-7-13(27-12)15(22)21-8-11(9-21)16(23)24/h6-7,11H,8-9H2,1-5H3,(H,23,24). The van der Waals surface area contributed by atoms with Gasteiger partial charge in [-0.05, 0) is 52.3 Å². The number of thiophene rings is 1. The van der Waals surface area contributed by atoms with Gasteiger partial charge < -0.3 is 19.3 Å². The Labute approximate surface area is 162 Å². The fraction of sp³-hybridized carbons (Fsp3) is 0.556. The van der Waals surface area contributed by atoms with Crippen LogP contribution in [0.25, 0.3) is 5.57 Å². The van der Waals surface area contributed by atoms with Gasteiger partial charge in [0.1, 0.15) is 5.73 Å². The molecule has 2 aliphatic rings. The Balaban J connectivity index is 1.73. The van der Waals surface area contributed by atoms with Crippen LogP contribution in [0.5, 0.6) is 0 Å². The van der Waals surface area contributed by atoms with Crippen LogP contribution in [-0.2, 0) is 14.1 Å². The molecule has 0 radical (unpaired) electrons. The molecule has 0 spiro atoms. The molecule has 6 nitrogen and oxygen atoms in total. The topological polar surface area (TPSA) is 76.1 Å². The Hall–Kier alpha value is -1.71. The SMILES string of the molecule is CC(=C(F)B1OC(C)(C)C(C)(C)O1)c1ccc(C(=O)N2CC(C(=O)O)C2)s1. The summed E-state index contributed by atoms with van der Waals surface area (Å²) in [7, 11) is -1.08. The summed E-state index contributed by atoms with van der Waals surface area (Å²) >= 11 is 1.18. The molecule has 27 heavy (non-hydrogen) atoms. The Morgan fingerprint density at radius 2 is 1.70 bits per heavy atom. The monoisotopic (exact) mass is 395 g/mol. The Kier molecular flexibility index (Phi) is 4.99. The number of rotatable bonds is 4. The zero-order chi connectivity index (χ0) is 20.1. The number of hydrogen-bond donors (Lipinski definition) is 1. The number of carbonyl (C=O) groups is 2. The molecule has 146 valence electrons. The smallest absolute Gasteiger partial charge is 0.481 e. The van der Waals surface area contributed by atoms with E-state index in [4.69, 9.17) is 14.4 Å². The molecule has 0 atom stereocenters. The molecule has 3 heterocycles. The number of halogens is 1. The molecule has 0 saturated carbocycles. The van der Waals surface area contributed by atoms with E-state index in [2.05, 4.69) is 0 Å². The predicted octanol–water partition coefficient (Wildman–Crippen LogP) is 3.24. The predicted molar refractivity (Wildman–Crippen MR) is 101 cm³/mol. The van der Waals surface area contributed by atoms with Crippen LogP contribution < -0.4 is 0 Å². The summed E-state index contributed by atoms with van der Waals surface area (Å²) in [6.07, 6.45) is 0. The molecule has 2 fully saturated rings. The first-order valence-corrected chi connectivity index (χ1v) is 9.59. The average molecular weight is 395 g/mol. The van der Waals surface area contributed by atoms with Gasteiger partial charge in [0.05, 0.1) is 22.0 Å². The normalized spacial score (nSPS) is 22.4. The summed E-state index contributed by atoms with van der Waals surface area (Å²) in [5.41, 5.74) is -1.41. The second-order valence-corrected chi connectivity index (χ2v) is 9.05. The van der Waals surface area contributed by atoms with E-state index in [1.165, 1.54) is 16.2 Å². The minimum atomic E-state index is -1.08. The molecule has 2 aliphatic heterocycles. The minimum absolute atomic E-state index is 0.207. The molecule has 1 amide bonds. The fourth-order valence-corrected chi connectivity index (χ4v) is 3.83. The van der Waals surface area contributed by atoms with Gasteiger partial charge in [-0.15, -0.1) is 11.3 Å². The maximum Gasteiger partial charge on any atom is 0.525 e. The summed E-state index contributed by atoms with van der Waals surface area (Å²) in [5.74, 6) is -1.63. The van der Waals surface area contributed by atoms with Crippen LogP contribution in [0.15, 0.2) is 17.9 Å². The lowest BCUT2D eigenvalue weighted by Gasteiger charge is -2.36. The van der Waals surface area contributed by atoms with Crippen molar-refractivity contribution in [2.75, 3.05) is 13.1 Å². The van der Waals surface area contributed by atoms with E-state index < -0.39 is 35.9 Å². The molecule has 3 rings (SSSR count).